The van der Waals surface area contributed by atoms with Crippen LogP contribution in [0.5, 0.6) is 0 Å². The Morgan fingerprint density at radius 1 is 0.358 bits per heavy atom. The van der Waals surface area contributed by atoms with Crippen molar-refractivity contribution in [2.24, 2.45) is 17.8 Å². The number of aliphatic hydroxyl groups is 1. The third-order valence-electron chi connectivity index (χ3n) is 14.9. The summed E-state index contributed by atoms with van der Waals surface area (Å²) in [4.78, 5) is 71.9. The van der Waals surface area contributed by atoms with Crippen LogP contribution in [0.3, 0.4) is 0 Å². The topological polar surface area (TPSA) is 237 Å². The molecular weight excluding hydrogens is 1080 g/mol. The lowest BCUT2D eigenvalue weighted by Crippen LogP contribution is -2.30. The van der Waals surface area contributed by atoms with E-state index in [1.807, 2.05) is 0 Å². The van der Waals surface area contributed by atoms with Crippen molar-refractivity contribution in [2.45, 2.75) is 317 Å². The van der Waals surface area contributed by atoms with Gasteiger partial charge in [0, 0.05) is 25.7 Å². The lowest BCUT2D eigenvalue weighted by molar-refractivity contribution is -0.161. The molecule has 0 heterocycles. The lowest BCUT2D eigenvalue weighted by Gasteiger charge is -2.21. The van der Waals surface area contributed by atoms with Gasteiger partial charge in [-0.1, -0.05) is 248 Å². The van der Waals surface area contributed by atoms with Gasteiger partial charge in [-0.05, 0) is 43.4 Å². The fourth-order valence-corrected chi connectivity index (χ4v) is 10.6. The van der Waals surface area contributed by atoms with Gasteiger partial charge < -0.3 is 33.8 Å². The number of hydrogen-bond acceptors (Lipinski definition) is 15. The van der Waals surface area contributed by atoms with E-state index in [1.54, 1.807) is 0 Å². The standard InChI is InChI=1S/C62H120O17P2/c1-8-11-12-26-36-43-59(64)72-49-57(79-62(67)46-39-32-25-24-29-35-42-55(7)10-3)51-76-80(68,69)74-47-56(63)48-75-81(70,71)77-52-58(50-73-60(65)44-37-30-22-19-15-16-20-27-33-40-53(4)5)78-61(66)45-38-31-23-18-14-13-17-21-28-34-41-54(6)9-2/h53-58,63H,8-52H2,1-7H3,(H,68,69)(H,70,71)/t54?,55?,56-,57+,58+/m0/s1. The summed E-state index contributed by atoms with van der Waals surface area (Å²) in [5.74, 6) is 0.116. The molecule has 0 saturated carbocycles. The van der Waals surface area contributed by atoms with Crippen LogP contribution in [0.15, 0.2) is 0 Å². The van der Waals surface area contributed by atoms with Crippen molar-refractivity contribution >= 4 is 39.5 Å². The van der Waals surface area contributed by atoms with Gasteiger partial charge in [0.05, 0.1) is 26.4 Å². The van der Waals surface area contributed by atoms with Gasteiger partial charge in [0.15, 0.2) is 12.2 Å². The van der Waals surface area contributed by atoms with E-state index in [-0.39, 0.29) is 25.7 Å². The molecule has 0 saturated heterocycles. The molecule has 0 rings (SSSR count). The highest BCUT2D eigenvalue weighted by Gasteiger charge is 2.30. The zero-order valence-corrected chi connectivity index (χ0v) is 54.0. The minimum Gasteiger partial charge on any atom is -0.462 e. The fraction of sp³-hybridized carbons (Fsp3) is 0.935. The Morgan fingerprint density at radius 2 is 0.630 bits per heavy atom. The number of esters is 4. The van der Waals surface area contributed by atoms with Crippen LogP contribution in [0.2, 0.25) is 0 Å². The first kappa shape index (κ1) is 79.1. The van der Waals surface area contributed by atoms with Crippen LogP contribution >= 0.6 is 15.6 Å². The number of hydrogen-bond donors (Lipinski definition) is 3. The van der Waals surface area contributed by atoms with Gasteiger partial charge in [-0.3, -0.25) is 37.3 Å². The van der Waals surface area contributed by atoms with Crippen molar-refractivity contribution in [3.63, 3.8) is 0 Å². The third kappa shape index (κ3) is 54.5. The molecule has 0 fully saturated rings. The van der Waals surface area contributed by atoms with Gasteiger partial charge in [-0.15, -0.1) is 0 Å². The quantitative estimate of drug-likeness (QED) is 0.0222. The second kappa shape index (κ2) is 53.5. The molecule has 0 aliphatic heterocycles. The maximum absolute atomic E-state index is 13.0. The van der Waals surface area contributed by atoms with Crippen LogP contribution < -0.4 is 0 Å². The molecule has 7 atom stereocenters. The average molecular weight is 1200 g/mol. The van der Waals surface area contributed by atoms with Crippen molar-refractivity contribution in [2.75, 3.05) is 39.6 Å². The van der Waals surface area contributed by atoms with E-state index in [0.717, 1.165) is 114 Å². The Balaban J connectivity index is 5.20. The van der Waals surface area contributed by atoms with Gasteiger partial charge in [-0.2, -0.15) is 0 Å². The first-order valence-electron chi connectivity index (χ1n) is 32.4. The largest absolute Gasteiger partial charge is 0.472 e. The molecule has 3 N–H and O–H groups in total. The Bertz CT molecular complexity index is 1620. The summed E-state index contributed by atoms with van der Waals surface area (Å²) in [6, 6.07) is 0. The number of phosphoric ester groups is 2. The second-order valence-corrected chi connectivity index (χ2v) is 26.3. The van der Waals surface area contributed by atoms with Crippen molar-refractivity contribution < 1.29 is 80.2 Å². The Hall–Kier alpha value is -1.94. The molecule has 0 bridgehead atoms. The number of phosphoric acid groups is 2. The second-order valence-electron chi connectivity index (χ2n) is 23.4. The molecule has 480 valence electrons. The summed E-state index contributed by atoms with van der Waals surface area (Å²) in [7, 11) is -9.88. The summed E-state index contributed by atoms with van der Waals surface area (Å²) in [5.41, 5.74) is 0. The first-order chi connectivity index (χ1) is 38.8. The van der Waals surface area contributed by atoms with E-state index in [1.165, 1.54) is 103 Å². The van der Waals surface area contributed by atoms with Crippen LogP contribution in [0.4, 0.5) is 0 Å². The number of ether oxygens (including phenoxy) is 4. The van der Waals surface area contributed by atoms with E-state index < -0.39 is 97.5 Å². The van der Waals surface area contributed by atoms with Crippen molar-refractivity contribution in [3.05, 3.63) is 0 Å². The van der Waals surface area contributed by atoms with Crippen LogP contribution in [0.25, 0.3) is 0 Å². The smallest absolute Gasteiger partial charge is 0.462 e. The first-order valence-corrected chi connectivity index (χ1v) is 35.4. The number of carbonyl (C=O) groups excluding carboxylic acids is 4. The Morgan fingerprint density at radius 3 is 0.938 bits per heavy atom. The highest BCUT2D eigenvalue weighted by atomic mass is 31.2. The predicted octanol–water partition coefficient (Wildman–Crippen LogP) is 16.7. The van der Waals surface area contributed by atoms with Crippen LogP contribution in [-0.2, 0) is 65.4 Å². The molecule has 4 unspecified atom stereocenters. The number of aliphatic hydroxyl groups excluding tert-OH is 1. The molecule has 0 spiro atoms. The van der Waals surface area contributed by atoms with E-state index in [0.29, 0.717) is 25.7 Å². The normalized spacial score (nSPS) is 15.1. The number of unbranched alkanes of at least 4 members (excludes halogenated alkanes) is 26. The minimum absolute atomic E-state index is 0.102. The van der Waals surface area contributed by atoms with Crippen molar-refractivity contribution in [3.8, 4) is 0 Å². The molecule has 0 aromatic rings. The third-order valence-corrected chi connectivity index (χ3v) is 16.8. The van der Waals surface area contributed by atoms with Crippen molar-refractivity contribution in [1.29, 1.82) is 0 Å². The molecule has 0 radical (unpaired) electrons. The van der Waals surface area contributed by atoms with Gasteiger partial charge in [-0.25, -0.2) is 9.13 Å². The average Bonchev–Trinajstić information content (AvgIpc) is 3.43. The van der Waals surface area contributed by atoms with Gasteiger partial charge in [0.1, 0.15) is 19.3 Å². The summed E-state index contributed by atoms with van der Waals surface area (Å²) in [6.45, 7) is 11.6. The van der Waals surface area contributed by atoms with Crippen molar-refractivity contribution in [1.82, 2.24) is 0 Å². The molecule has 17 nitrogen and oxygen atoms in total. The Labute approximate surface area is 492 Å². The summed E-state index contributed by atoms with van der Waals surface area (Å²) < 4.78 is 67.7. The van der Waals surface area contributed by atoms with Gasteiger partial charge in [0.25, 0.3) is 0 Å². The molecule has 0 aromatic heterocycles. The molecule has 0 aromatic carbocycles. The molecule has 19 heteroatoms. The summed E-state index contributed by atoms with van der Waals surface area (Å²) in [6.07, 6.45) is 33.8. The summed E-state index contributed by atoms with van der Waals surface area (Å²) in [5, 5.41) is 10.5. The predicted molar refractivity (Wildman–Crippen MR) is 321 cm³/mol. The lowest BCUT2D eigenvalue weighted by atomic mass is 9.99. The maximum atomic E-state index is 13.0. The van der Waals surface area contributed by atoms with E-state index in [2.05, 4.69) is 48.5 Å². The minimum atomic E-state index is -4.94. The van der Waals surface area contributed by atoms with E-state index in [9.17, 15) is 43.2 Å². The van der Waals surface area contributed by atoms with E-state index >= 15 is 0 Å². The molecule has 0 aliphatic rings. The SMILES string of the molecule is CCCCCCCC(=O)OC[C@H](COP(=O)(O)OC[C@H](O)COP(=O)(O)OC[C@@H](COC(=O)CCCCCCCCCCCC(C)C)OC(=O)CCCCCCCCCCCCC(C)CC)OC(=O)CCCCCCCCC(C)CC. The van der Waals surface area contributed by atoms with Gasteiger partial charge >= 0.3 is 39.5 Å². The monoisotopic (exact) mass is 1200 g/mol. The van der Waals surface area contributed by atoms with Crippen LogP contribution in [-0.4, -0.2) is 96.7 Å². The highest BCUT2D eigenvalue weighted by Crippen LogP contribution is 2.45. The van der Waals surface area contributed by atoms with E-state index in [4.69, 9.17) is 37.0 Å². The Kier molecular flexibility index (Phi) is 52.2. The molecule has 81 heavy (non-hydrogen) atoms. The highest BCUT2D eigenvalue weighted by molar-refractivity contribution is 7.47. The summed E-state index contributed by atoms with van der Waals surface area (Å²) >= 11 is 0. The maximum Gasteiger partial charge on any atom is 0.472 e. The zero-order chi connectivity index (χ0) is 60.3. The fourth-order valence-electron chi connectivity index (χ4n) is 9.06. The molecule has 0 aliphatic carbocycles. The molecule has 0 amide bonds. The van der Waals surface area contributed by atoms with Gasteiger partial charge in [0.2, 0.25) is 0 Å². The van der Waals surface area contributed by atoms with Crippen LogP contribution in [0.1, 0.15) is 299 Å². The van der Waals surface area contributed by atoms with Crippen LogP contribution in [0, 0.1) is 17.8 Å². The number of carbonyl (C=O) groups is 4. The molecular formula is C62H120O17P2. The zero-order valence-electron chi connectivity index (χ0n) is 52.2. The number of rotatable bonds is 60.